The molecule has 0 saturated carbocycles. The summed E-state index contributed by atoms with van der Waals surface area (Å²) >= 11 is 0. The fourth-order valence-corrected chi connectivity index (χ4v) is 1.80. The van der Waals surface area contributed by atoms with Gasteiger partial charge in [-0.3, -0.25) is 0 Å². The number of rotatable bonds is 13. The van der Waals surface area contributed by atoms with E-state index in [2.05, 4.69) is 6.58 Å². The molecule has 19 heavy (non-hydrogen) atoms. The van der Waals surface area contributed by atoms with Gasteiger partial charge in [-0.05, 0) is 12.8 Å². The van der Waals surface area contributed by atoms with Crippen LogP contribution < -0.4 is 0 Å². The van der Waals surface area contributed by atoms with Gasteiger partial charge in [0, 0.05) is 12.7 Å². The smallest absolute Gasteiger partial charge is 0.330 e. The molecule has 0 amide bonds. The maximum Gasteiger partial charge on any atom is 0.330 e. The van der Waals surface area contributed by atoms with Crippen molar-refractivity contribution < 1.29 is 19.0 Å². The molecule has 0 aromatic carbocycles. The minimum atomic E-state index is -0.323. The zero-order chi connectivity index (χ0) is 13.8. The molecule has 4 heteroatoms. The lowest BCUT2D eigenvalue weighted by Crippen LogP contribution is -2.02. The van der Waals surface area contributed by atoms with Crippen molar-refractivity contribution >= 4 is 5.97 Å². The van der Waals surface area contributed by atoms with Crippen LogP contribution in [0.3, 0.4) is 0 Å². The molecule has 1 aliphatic rings. The molecule has 1 heterocycles. The van der Waals surface area contributed by atoms with Crippen molar-refractivity contribution in [1.29, 1.82) is 0 Å². The van der Waals surface area contributed by atoms with Crippen LogP contribution >= 0.6 is 0 Å². The van der Waals surface area contributed by atoms with E-state index in [0.29, 0.717) is 12.7 Å². The first kappa shape index (κ1) is 16.2. The highest BCUT2D eigenvalue weighted by Crippen LogP contribution is 2.10. The number of unbranched alkanes of at least 4 members (excludes halogenated alkanes) is 6. The monoisotopic (exact) mass is 270 g/mol. The number of ether oxygens (including phenoxy) is 3. The van der Waals surface area contributed by atoms with E-state index in [1.54, 1.807) is 0 Å². The maximum absolute atomic E-state index is 10.8. The lowest BCUT2D eigenvalue weighted by Gasteiger charge is -2.03. The molecule has 0 spiro atoms. The number of hydrogen-bond acceptors (Lipinski definition) is 4. The summed E-state index contributed by atoms with van der Waals surface area (Å²) in [7, 11) is 0. The van der Waals surface area contributed by atoms with Gasteiger partial charge in [-0.2, -0.15) is 0 Å². The van der Waals surface area contributed by atoms with Crippen molar-refractivity contribution in [3.63, 3.8) is 0 Å². The van der Waals surface area contributed by atoms with Crippen LogP contribution in [0, 0.1) is 0 Å². The Balaban J connectivity index is 1.66. The Kier molecular flexibility index (Phi) is 9.37. The first-order valence-corrected chi connectivity index (χ1v) is 7.31. The van der Waals surface area contributed by atoms with Gasteiger partial charge in [0.15, 0.2) is 0 Å². The van der Waals surface area contributed by atoms with E-state index in [4.69, 9.17) is 14.2 Å². The molecule has 0 aromatic rings. The quantitative estimate of drug-likeness (QED) is 0.223. The SMILES string of the molecule is C=CC(=O)OCCCCCCCCCOCC1CO1. The Labute approximate surface area is 116 Å². The molecule has 0 radical (unpaired) electrons. The summed E-state index contributed by atoms with van der Waals surface area (Å²) in [5.74, 6) is -0.323. The Morgan fingerprint density at radius 3 is 2.26 bits per heavy atom. The van der Waals surface area contributed by atoms with Crippen LogP contribution in [0.2, 0.25) is 0 Å². The zero-order valence-corrected chi connectivity index (χ0v) is 11.8. The molecule has 1 fully saturated rings. The standard InChI is InChI=1S/C15H26O4/c1-2-15(16)18-11-9-7-5-3-4-6-8-10-17-12-14-13-19-14/h2,14H,1,3-13H2. The molecule has 1 atom stereocenters. The summed E-state index contributed by atoms with van der Waals surface area (Å²) in [5.41, 5.74) is 0. The van der Waals surface area contributed by atoms with Crippen molar-refractivity contribution in [1.82, 2.24) is 0 Å². The second kappa shape index (κ2) is 11.0. The molecule has 1 unspecified atom stereocenters. The second-order valence-corrected chi connectivity index (χ2v) is 4.88. The summed E-state index contributed by atoms with van der Waals surface area (Å²) in [6.45, 7) is 6.37. The Bertz CT molecular complexity index is 249. The van der Waals surface area contributed by atoms with Crippen LogP contribution in [0.4, 0.5) is 0 Å². The first-order valence-electron chi connectivity index (χ1n) is 7.31. The minimum Gasteiger partial charge on any atom is -0.463 e. The lowest BCUT2D eigenvalue weighted by molar-refractivity contribution is -0.137. The van der Waals surface area contributed by atoms with E-state index < -0.39 is 0 Å². The highest BCUT2D eigenvalue weighted by atomic mass is 16.6. The van der Waals surface area contributed by atoms with Gasteiger partial charge in [0.25, 0.3) is 0 Å². The van der Waals surface area contributed by atoms with Crippen LogP contribution in [0.15, 0.2) is 12.7 Å². The summed E-state index contributed by atoms with van der Waals surface area (Å²) in [4.78, 5) is 10.8. The maximum atomic E-state index is 10.8. The molecule has 0 N–H and O–H groups in total. The van der Waals surface area contributed by atoms with Gasteiger partial charge in [-0.1, -0.05) is 38.7 Å². The Morgan fingerprint density at radius 2 is 1.68 bits per heavy atom. The van der Waals surface area contributed by atoms with Crippen molar-refractivity contribution in [3.8, 4) is 0 Å². The molecule has 1 rings (SSSR count). The molecule has 110 valence electrons. The molecule has 0 aliphatic carbocycles. The second-order valence-electron chi connectivity index (χ2n) is 4.88. The molecular weight excluding hydrogens is 244 g/mol. The summed E-state index contributed by atoms with van der Waals surface area (Å²) < 4.78 is 15.4. The van der Waals surface area contributed by atoms with Crippen molar-refractivity contribution in [2.24, 2.45) is 0 Å². The molecule has 0 bridgehead atoms. The van der Waals surface area contributed by atoms with Gasteiger partial charge in [0.1, 0.15) is 6.10 Å². The fraction of sp³-hybridized carbons (Fsp3) is 0.800. The molecule has 4 nitrogen and oxygen atoms in total. The lowest BCUT2D eigenvalue weighted by atomic mass is 10.1. The minimum absolute atomic E-state index is 0.323. The van der Waals surface area contributed by atoms with Crippen molar-refractivity contribution in [2.45, 2.75) is 51.0 Å². The van der Waals surface area contributed by atoms with E-state index >= 15 is 0 Å². The van der Waals surface area contributed by atoms with Gasteiger partial charge in [-0.25, -0.2) is 4.79 Å². The van der Waals surface area contributed by atoms with Gasteiger partial charge in [0.2, 0.25) is 0 Å². The number of esters is 1. The van der Waals surface area contributed by atoms with Crippen LogP contribution in [-0.2, 0) is 19.0 Å². The van der Waals surface area contributed by atoms with E-state index in [1.165, 1.54) is 31.8 Å². The predicted octanol–water partition coefficient (Wildman–Crippen LogP) is 2.86. The van der Waals surface area contributed by atoms with E-state index in [1.807, 2.05) is 0 Å². The summed E-state index contributed by atoms with van der Waals surface area (Å²) in [6, 6.07) is 0. The number of epoxide rings is 1. The number of hydrogen-bond donors (Lipinski definition) is 0. The van der Waals surface area contributed by atoms with E-state index in [-0.39, 0.29) is 5.97 Å². The van der Waals surface area contributed by atoms with Crippen LogP contribution in [0.5, 0.6) is 0 Å². The summed E-state index contributed by atoms with van der Waals surface area (Å²) in [5, 5.41) is 0. The fourth-order valence-electron chi connectivity index (χ4n) is 1.80. The molecule has 0 aromatic heterocycles. The Hall–Kier alpha value is -0.870. The third-order valence-electron chi connectivity index (χ3n) is 3.05. The third kappa shape index (κ3) is 10.7. The highest BCUT2D eigenvalue weighted by molar-refractivity contribution is 5.81. The van der Waals surface area contributed by atoms with Gasteiger partial charge >= 0.3 is 5.97 Å². The van der Waals surface area contributed by atoms with Crippen LogP contribution in [0.1, 0.15) is 44.9 Å². The highest BCUT2D eigenvalue weighted by Gasteiger charge is 2.21. The average molecular weight is 270 g/mol. The van der Waals surface area contributed by atoms with E-state index in [9.17, 15) is 4.79 Å². The molecular formula is C15H26O4. The average Bonchev–Trinajstić information content (AvgIpc) is 3.23. The topological polar surface area (TPSA) is 48.1 Å². The van der Waals surface area contributed by atoms with Gasteiger partial charge in [-0.15, -0.1) is 0 Å². The van der Waals surface area contributed by atoms with Crippen molar-refractivity contribution in [3.05, 3.63) is 12.7 Å². The van der Waals surface area contributed by atoms with E-state index in [0.717, 1.165) is 39.1 Å². The van der Waals surface area contributed by atoms with Crippen LogP contribution in [-0.4, -0.2) is 38.5 Å². The summed E-state index contributed by atoms with van der Waals surface area (Å²) in [6.07, 6.45) is 9.76. The normalized spacial score (nSPS) is 17.2. The van der Waals surface area contributed by atoms with Crippen LogP contribution in [0.25, 0.3) is 0 Å². The number of carbonyl (C=O) groups is 1. The third-order valence-corrected chi connectivity index (χ3v) is 3.05. The largest absolute Gasteiger partial charge is 0.463 e. The van der Waals surface area contributed by atoms with Gasteiger partial charge < -0.3 is 14.2 Å². The molecule has 1 aliphatic heterocycles. The van der Waals surface area contributed by atoms with Crippen molar-refractivity contribution in [2.75, 3.05) is 26.4 Å². The number of carbonyl (C=O) groups excluding carboxylic acids is 1. The first-order chi connectivity index (χ1) is 9.33. The zero-order valence-electron chi connectivity index (χ0n) is 11.8. The predicted molar refractivity (Wildman–Crippen MR) is 74.0 cm³/mol. The Morgan fingerprint density at radius 1 is 1.11 bits per heavy atom. The van der Waals surface area contributed by atoms with Gasteiger partial charge in [0.05, 0.1) is 19.8 Å². The molecule has 1 saturated heterocycles.